The van der Waals surface area contributed by atoms with E-state index in [9.17, 15) is 14.0 Å². The van der Waals surface area contributed by atoms with Gasteiger partial charge < -0.3 is 14.7 Å². The second kappa shape index (κ2) is 6.00. The van der Waals surface area contributed by atoms with Crippen LogP contribution in [0.15, 0.2) is 18.2 Å². The van der Waals surface area contributed by atoms with Gasteiger partial charge >= 0.3 is 5.97 Å². The molecule has 108 valence electrons. The van der Waals surface area contributed by atoms with Gasteiger partial charge in [-0.1, -0.05) is 0 Å². The summed E-state index contributed by atoms with van der Waals surface area (Å²) in [6.07, 6.45) is -0.161. The van der Waals surface area contributed by atoms with Crippen LogP contribution in [-0.4, -0.2) is 47.7 Å². The van der Waals surface area contributed by atoms with Crippen LogP contribution in [0.4, 0.5) is 4.39 Å². The van der Waals surface area contributed by atoms with Crippen molar-refractivity contribution in [3.05, 3.63) is 35.1 Å². The van der Waals surface area contributed by atoms with Crippen molar-refractivity contribution in [3.8, 4) is 0 Å². The lowest BCUT2D eigenvalue weighted by molar-refractivity contribution is -0.139. The third kappa shape index (κ3) is 3.14. The lowest BCUT2D eigenvalue weighted by Gasteiger charge is -2.35. The van der Waals surface area contributed by atoms with Crippen molar-refractivity contribution in [1.82, 2.24) is 4.90 Å². The number of rotatable bonds is 3. The summed E-state index contributed by atoms with van der Waals surface area (Å²) in [5, 5.41) is 8.87. The molecule has 1 heterocycles. The lowest BCUT2D eigenvalue weighted by atomic mass is 10.1. The largest absolute Gasteiger partial charge is 0.481 e. The van der Waals surface area contributed by atoms with E-state index in [0.29, 0.717) is 24.3 Å². The maximum absolute atomic E-state index is 13.2. The summed E-state index contributed by atoms with van der Waals surface area (Å²) in [6.45, 7) is 2.51. The highest BCUT2D eigenvalue weighted by molar-refractivity contribution is 5.95. The number of aryl methyl sites for hydroxylation is 1. The smallest absolute Gasteiger partial charge is 0.305 e. The van der Waals surface area contributed by atoms with Gasteiger partial charge in [-0.15, -0.1) is 0 Å². The molecule has 1 aromatic rings. The van der Waals surface area contributed by atoms with Crippen LogP contribution in [0.3, 0.4) is 0 Å². The monoisotopic (exact) mass is 281 g/mol. The van der Waals surface area contributed by atoms with Crippen molar-refractivity contribution < 1.29 is 23.8 Å². The Morgan fingerprint density at radius 3 is 2.90 bits per heavy atom. The number of amides is 1. The zero-order valence-electron chi connectivity index (χ0n) is 11.1. The third-order valence-corrected chi connectivity index (χ3v) is 3.30. The number of halogens is 1. The zero-order chi connectivity index (χ0) is 14.7. The Bertz CT molecular complexity index is 532. The topological polar surface area (TPSA) is 66.8 Å². The van der Waals surface area contributed by atoms with Crippen molar-refractivity contribution in [3.63, 3.8) is 0 Å². The number of morpholine rings is 1. The van der Waals surface area contributed by atoms with Crippen molar-refractivity contribution in [2.24, 2.45) is 0 Å². The maximum Gasteiger partial charge on any atom is 0.305 e. The van der Waals surface area contributed by atoms with Crippen LogP contribution < -0.4 is 0 Å². The van der Waals surface area contributed by atoms with Crippen molar-refractivity contribution in [1.29, 1.82) is 0 Å². The molecule has 2 rings (SSSR count). The van der Waals surface area contributed by atoms with E-state index < -0.39 is 12.0 Å². The first-order valence-corrected chi connectivity index (χ1v) is 6.35. The number of aliphatic carboxylic acids is 1. The molecule has 0 bridgehead atoms. The first-order chi connectivity index (χ1) is 9.49. The summed E-state index contributed by atoms with van der Waals surface area (Å²) < 4.78 is 18.5. The number of carboxylic acids is 1. The van der Waals surface area contributed by atoms with E-state index >= 15 is 0 Å². The van der Waals surface area contributed by atoms with Crippen LogP contribution in [0.25, 0.3) is 0 Å². The predicted octanol–water partition coefficient (Wildman–Crippen LogP) is 1.45. The standard InChI is InChI=1S/C14H16FNO4/c1-9-6-10(2-3-12(9)15)14(19)16-4-5-20-8-11(16)7-13(17)18/h2-3,6,11H,4-5,7-8H2,1H3,(H,17,18). The van der Waals surface area contributed by atoms with Gasteiger partial charge in [0.2, 0.25) is 0 Å². The van der Waals surface area contributed by atoms with E-state index in [1.807, 2.05) is 0 Å². The molecule has 1 unspecified atom stereocenters. The maximum atomic E-state index is 13.2. The number of carbonyl (C=O) groups is 2. The Balaban J connectivity index is 2.20. The lowest BCUT2D eigenvalue weighted by Crippen LogP contribution is -2.49. The Labute approximate surface area is 116 Å². The van der Waals surface area contributed by atoms with E-state index in [2.05, 4.69) is 0 Å². The van der Waals surface area contributed by atoms with Gasteiger partial charge in [0.1, 0.15) is 5.82 Å². The molecule has 5 nitrogen and oxygen atoms in total. The first kappa shape index (κ1) is 14.5. The van der Waals surface area contributed by atoms with E-state index in [-0.39, 0.29) is 24.8 Å². The predicted molar refractivity (Wildman–Crippen MR) is 69.0 cm³/mol. The molecular formula is C14H16FNO4. The minimum absolute atomic E-state index is 0.161. The molecule has 1 atom stereocenters. The molecule has 1 aliphatic heterocycles. The Hall–Kier alpha value is -1.95. The van der Waals surface area contributed by atoms with Gasteiger partial charge in [0.05, 0.1) is 25.7 Å². The minimum Gasteiger partial charge on any atom is -0.481 e. The fourth-order valence-electron chi connectivity index (χ4n) is 2.24. The number of nitrogens with zero attached hydrogens (tertiary/aromatic N) is 1. The van der Waals surface area contributed by atoms with E-state index in [1.54, 1.807) is 6.92 Å². The molecule has 1 aromatic carbocycles. The van der Waals surface area contributed by atoms with Crippen LogP contribution in [-0.2, 0) is 9.53 Å². The Kier molecular flexibility index (Phi) is 4.34. The molecule has 1 fully saturated rings. The van der Waals surface area contributed by atoms with E-state index in [0.717, 1.165) is 0 Å². The summed E-state index contributed by atoms with van der Waals surface area (Å²) in [4.78, 5) is 24.7. The van der Waals surface area contributed by atoms with Crippen LogP contribution in [0.2, 0.25) is 0 Å². The van der Waals surface area contributed by atoms with Gasteiger partial charge in [0.15, 0.2) is 0 Å². The van der Waals surface area contributed by atoms with Gasteiger partial charge in [-0.2, -0.15) is 0 Å². The first-order valence-electron chi connectivity index (χ1n) is 6.35. The fourth-order valence-corrected chi connectivity index (χ4v) is 2.24. The minimum atomic E-state index is -0.978. The third-order valence-electron chi connectivity index (χ3n) is 3.30. The summed E-state index contributed by atoms with van der Waals surface area (Å²) in [6, 6.07) is 3.65. The zero-order valence-corrected chi connectivity index (χ0v) is 11.1. The average molecular weight is 281 g/mol. The van der Waals surface area contributed by atoms with Gasteiger partial charge in [-0.25, -0.2) is 4.39 Å². The average Bonchev–Trinajstić information content (AvgIpc) is 2.41. The highest BCUT2D eigenvalue weighted by Crippen LogP contribution is 2.17. The number of ether oxygens (including phenoxy) is 1. The second-order valence-corrected chi connectivity index (χ2v) is 4.79. The number of hydrogen-bond acceptors (Lipinski definition) is 3. The quantitative estimate of drug-likeness (QED) is 0.910. The molecule has 0 radical (unpaired) electrons. The number of carboxylic acid groups (broad SMARTS) is 1. The number of benzene rings is 1. The summed E-state index contributed by atoms with van der Waals surface area (Å²) in [7, 11) is 0. The summed E-state index contributed by atoms with van der Waals surface area (Å²) in [5.41, 5.74) is 0.750. The Morgan fingerprint density at radius 2 is 2.25 bits per heavy atom. The van der Waals surface area contributed by atoms with Crippen molar-refractivity contribution >= 4 is 11.9 Å². The fraction of sp³-hybridized carbons (Fsp3) is 0.429. The van der Waals surface area contributed by atoms with Crippen LogP contribution >= 0.6 is 0 Å². The van der Waals surface area contributed by atoms with E-state index in [4.69, 9.17) is 9.84 Å². The van der Waals surface area contributed by atoms with Crippen molar-refractivity contribution in [2.75, 3.05) is 19.8 Å². The van der Waals surface area contributed by atoms with Gasteiger partial charge in [-0.3, -0.25) is 9.59 Å². The Morgan fingerprint density at radius 1 is 1.50 bits per heavy atom. The summed E-state index contributed by atoms with van der Waals surface area (Å²) >= 11 is 0. The highest BCUT2D eigenvalue weighted by atomic mass is 19.1. The number of hydrogen-bond donors (Lipinski definition) is 1. The molecule has 6 heteroatoms. The van der Waals surface area contributed by atoms with Crippen LogP contribution in [0, 0.1) is 12.7 Å². The normalized spacial score (nSPS) is 18.9. The van der Waals surface area contributed by atoms with Gasteiger partial charge in [-0.05, 0) is 30.7 Å². The molecule has 0 aliphatic carbocycles. The molecule has 1 N–H and O–H groups in total. The van der Waals surface area contributed by atoms with E-state index in [1.165, 1.54) is 23.1 Å². The summed E-state index contributed by atoms with van der Waals surface area (Å²) in [5.74, 6) is -1.64. The van der Waals surface area contributed by atoms with Gasteiger partial charge in [0, 0.05) is 12.1 Å². The van der Waals surface area contributed by atoms with Crippen LogP contribution in [0.1, 0.15) is 22.3 Å². The van der Waals surface area contributed by atoms with Gasteiger partial charge in [0.25, 0.3) is 5.91 Å². The molecule has 1 saturated heterocycles. The molecule has 1 amide bonds. The molecule has 0 spiro atoms. The van der Waals surface area contributed by atoms with Crippen molar-refractivity contribution in [2.45, 2.75) is 19.4 Å². The second-order valence-electron chi connectivity index (χ2n) is 4.79. The highest BCUT2D eigenvalue weighted by Gasteiger charge is 2.29. The molecule has 20 heavy (non-hydrogen) atoms. The molecule has 0 aromatic heterocycles. The molecule has 1 aliphatic rings. The number of carbonyl (C=O) groups excluding carboxylic acids is 1. The SMILES string of the molecule is Cc1cc(C(=O)N2CCOCC2CC(=O)O)ccc1F. The van der Waals surface area contributed by atoms with Crippen LogP contribution in [0.5, 0.6) is 0 Å². The molecular weight excluding hydrogens is 265 g/mol. The molecule has 0 saturated carbocycles.